The summed E-state index contributed by atoms with van der Waals surface area (Å²) < 4.78 is 37.0. The van der Waals surface area contributed by atoms with Crippen LogP contribution in [0.4, 0.5) is 0 Å². The molecule has 0 amide bonds. The lowest BCUT2D eigenvalue weighted by Crippen LogP contribution is -2.23. The number of nitrogens with zero attached hydrogens (tertiary/aromatic N) is 1. The Labute approximate surface area is 112 Å². The number of benzene rings is 1. The number of para-hydroxylation sites is 1. The third kappa shape index (κ3) is 3.34. The van der Waals surface area contributed by atoms with Gasteiger partial charge in [-0.25, -0.2) is 4.18 Å². The number of rotatable bonds is 5. The molecule has 1 atom stereocenters. The van der Waals surface area contributed by atoms with Crippen molar-refractivity contribution in [1.82, 2.24) is 4.57 Å². The lowest BCUT2D eigenvalue weighted by molar-refractivity contribution is 0.160. The van der Waals surface area contributed by atoms with E-state index < -0.39 is 16.5 Å². The number of aryl methyl sites for hydroxylation is 1. The van der Waals surface area contributed by atoms with Gasteiger partial charge < -0.3 is 4.57 Å². The van der Waals surface area contributed by atoms with E-state index >= 15 is 0 Å². The third-order valence-corrected chi connectivity index (χ3v) is 3.63. The van der Waals surface area contributed by atoms with Crippen LogP contribution in [0.5, 0.6) is 0 Å². The van der Waals surface area contributed by atoms with Crippen LogP contribution in [0.15, 0.2) is 30.3 Å². The van der Waals surface area contributed by atoms with Crippen molar-refractivity contribution in [2.24, 2.45) is 0 Å². The number of hydrogen-bond donors (Lipinski definition) is 1. The van der Waals surface area contributed by atoms with Crippen molar-refractivity contribution in [3.05, 3.63) is 36.0 Å². The second kappa shape index (κ2) is 5.32. The van der Waals surface area contributed by atoms with Crippen molar-refractivity contribution >= 4 is 21.3 Å². The Morgan fingerprint density at radius 1 is 1.37 bits per heavy atom. The van der Waals surface area contributed by atoms with Crippen LogP contribution >= 0.6 is 0 Å². The summed E-state index contributed by atoms with van der Waals surface area (Å²) in [5.74, 6) is 0. The summed E-state index contributed by atoms with van der Waals surface area (Å²) in [6.45, 7) is 4.16. The zero-order chi connectivity index (χ0) is 14.0. The van der Waals surface area contributed by atoms with E-state index in [1.54, 1.807) is 0 Å². The van der Waals surface area contributed by atoms with Crippen LogP contribution in [-0.2, 0) is 21.1 Å². The molecule has 0 fully saturated rings. The van der Waals surface area contributed by atoms with Gasteiger partial charge in [-0.1, -0.05) is 25.1 Å². The topological polar surface area (TPSA) is 68.5 Å². The van der Waals surface area contributed by atoms with Crippen LogP contribution in [-0.4, -0.2) is 23.6 Å². The molecule has 0 saturated carbocycles. The van der Waals surface area contributed by atoms with Gasteiger partial charge in [0.05, 0.1) is 12.6 Å². The largest absolute Gasteiger partial charge is 0.397 e. The van der Waals surface area contributed by atoms with Crippen LogP contribution in [0.2, 0.25) is 0 Å². The summed E-state index contributed by atoms with van der Waals surface area (Å²) in [7, 11) is -4.42. The minimum atomic E-state index is -4.42. The Kier molecular flexibility index (Phi) is 3.93. The molecule has 5 nitrogen and oxygen atoms in total. The number of aromatic nitrogens is 1. The molecule has 0 bridgehead atoms. The summed E-state index contributed by atoms with van der Waals surface area (Å²) >= 11 is 0. The van der Waals surface area contributed by atoms with Crippen LogP contribution in [0.3, 0.4) is 0 Å². The first-order valence-electron chi connectivity index (χ1n) is 6.11. The maximum Gasteiger partial charge on any atom is 0.397 e. The average molecular weight is 283 g/mol. The highest BCUT2D eigenvalue weighted by molar-refractivity contribution is 7.80. The molecule has 1 N–H and O–H groups in total. The lowest BCUT2D eigenvalue weighted by Gasteiger charge is -2.16. The van der Waals surface area contributed by atoms with Crippen molar-refractivity contribution in [2.75, 3.05) is 0 Å². The second-order valence-corrected chi connectivity index (χ2v) is 5.56. The molecule has 1 unspecified atom stereocenters. The molecule has 0 aliphatic heterocycles. The third-order valence-electron chi connectivity index (χ3n) is 3.12. The Morgan fingerprint density at radius 3 is 2.68 bits per heavy atom. The highest BCUT2D eigenvalue weighted by atomic mass is 32.3. The standard InChI is InChI=1S/C13H17NO4S/c1-3-12(18-19(15,16)17)9-14-10(2)8-11-6-4-5-7-13(11)14/h4-8,12H,3,9H2,1-2H3,(H,15,16,17). The lowest BCUT2D eigenvalue weighted by atomic mass is 10.2. The fourth-order valence-corrected chi connectivity index (χ4v) is 2.73. The van der Waals surface area contributed by atoms with E-state index in [0.29, 0.717) is 13.0 Å². The maximum atomic E-state index is 10.8. The van der Waals surface area contributed by atoms with Crippen LogP contribution in [0, 0.1) is 6.92 Å². The molecular formula is C13H17NO4S. The van der Waals surface area contributed by atoms with Gasteiger partial charge >= 0.3 is 10.4 Å². The monoisotopic (exact) mass is 283 g/mol. The molecule has 1 heterocycles. The van der Waals surface area contributed by atoms with Crippen molar-refractivity contribution < 1.29 is 17.2 Å². The smallest absolute Gasteiger partial charge is 0.342 e. The highest BCUT2D eigenvalue weighted by Gasteiger charge is 2.17. The molecule has 0 spiro atoms. The molecule has 0 radical (unpaired) electrons. The summed E-state index contributed by atoms with van der Waals surface area (Å²) in [4.78, 5) is 0. The summed E-state index contributed by atoms with van der Waals surface area (Å²) in [6, 6.07) is 9.91. The molecule has 2 rings (SSSR count). The predicted octanol–water partition coefficient (Wildman–Crippen LogP) is 2.55. The summed E-state index contributed by atoms with van der Waals surface area (Å²) in [5, 5.41) is 1.10. The van der Waals surface area contributed by atoms with Crippen molar-refractivity contribution in [2.45, 2.75) is 32.9 Å². The second-order valence-electron chi connectivity index (χ2n) is 4.51. The zero-order valence-electron chi connectivity index (χ0n) is 10.9. The molecule has 19 heavy (non-hydrogen) atoms. The first-order chi connectivity index (χ1) is 8.90. The van der Waals surface area contributed by atoms with E-state index in [1.807, 2.05) is 48.7 Å². The van der Waals surface area contributed by atoms with Crippen molar-refractivity contribution in [3.63, 3.8) is 0 Å². The SMILES string of the molecule is CCC(Cn1c(C)cc2ccccc21)OS(=O)(=O)O. The Bertz CT molecular complexity index is 675. The fourth-order valence-electron chi connectivity index (χ4n) is 2.19. The normalized spacial score (nSPS) is 13.8. The Balaban J connectivity index is 2.31. The van der Waals surface area contributed by atoms with Gasteiger partial charge in [0.15, 0.2) is 0 Å². The maximum absolute atomic E-state index is 10.8. The zero-order valence-corrected chi connectivity index (χ0v) is 11.7. The molecule has 0 aliphatic rings. The molecule has 2 aromatic rings. The Morgan fingerprint density at radius 2 is 2.05 bits per heavy atom. The van der Waals surface area contributed by atoms with Gasteiger partial charge in [0, 0.05) is 11.2 Å². The van der Waals surface area contributed by atoms with Crippen LogP contribution < -0.4 is 0 Å². The first kappa shape index (κ1) is 14.0. The molecule has 1 aromatic heterocycles. The minimum Gasteiger partial charge on any atom is -0.342 e. The van der Waals surface area contributed by atoms with Gasteiger partial charge in [-0.15, -0.1) is 0 Å². The van der Waals surface area contributed by atoms with Gasteiger partial charge in [-0.3, -0.25) is 4.55 Å². The van der Waals surface area contributed by atoms with E-state index in [4.69, 9.17) is 4.55 Å². The summed E-state index contributed by atoms with van der Waals surface area (Å²) in [6.07, 6.45) is -0.0874. The van der Waals surface area contributed by atoms with Crippen molar-refractivity contribution in [1.29, 1.82) is 0 Å². The summed E-state index contributed by atoms with van der Waals surface area (Å²) in [5.41, 5.74) is 2.05. The highest BCUT2D eigenvalue weighted by Crippen LogP contribution is 2.20. The van der Waals surface area contributed by atoms with Crippen LogP contribution in [0.1, 0.15) is 19.0 Å². The van der Waals surface area contributed by atoms with Gasteiger partial charge in [-0.2, -0.15) is 8.42 Å². The first-order valence-corrected chi connectivity index (χ1v) is 7.48. The minimum absolute atomic E-state index is 0.385. The van der Waals surface area contributed by atoms with E-state index in [9.17, 15) is 8.42 Å². The van der Waals surface area contributed by atoms with E-state index in [-0.39, 0.29) is 0 Å². The predicted molar refractivity (Wildman–Crippen MR) is 73.4 cm³/mol. The van der Waals surface area contributed by atoms with Gasteiger partial charge in [0.1, 0.15) is 0 Å². The van der Waals surface area contributed by atoms with Gasteiger partial charge in [-0.05, 0) is 30.9 Å². The molecular weight excluding hydrogens is 266 g/mol. The molecule has 6 heteroatoms. The average Bonchev–Trinajstić information content (AvgIpc) is 2.63. The van der Waals surface area contributed by atoms with E-state index in [1.165, 1.54) is 0 Å². The molecule has 0 aliphatic carbocycles. The van der Waals surface area contributed by atoms with Crippen molar-refractivity contribution in [3.8, 4) is 0 Å². The number of fused-ring (bicyclic) bond motifs is 1. The number of hydrogen-bond acceptors (Lipinski definition) is 3. The fraction of sp³-hybridized carbons (Fsp3) is 0.385. The molecule has 1 aromatic carbocycles. The van der Waals surface area contributed by atoms with E-state index in [0.717, 1.165) is 16.6 Å². The molecule has 104 valence electrons. The van der Waals surface area contributed by atoms with Gasteiger partial charge in [0.25, 0.3) is 0 Å². The van der Waals surface area contributed by atoms with Gasteiger partial charge in [0.2, 0.25) is 0 Å². The van der Waals surface area contributed by atoms with E-state index in [2.05, 4.69) is 4.18 Å². The molecule has 0 saturated heterocycles. The Hall–Kier alpha value is -1.37. The quantitative estimate of drug-likeness (QED) is 0.856. The van der Waals surface area contributed by atoms with Crippen LogP contribution in [0.25, 0.3) is 10.9 Å².